The number of hydrogen-bond donors (Lipinski definition) is 4. The number of imidazole rings is 1. The van der Waals surface area contributed by atoms with Crippen LogP contribution in [0.3, 0.4) is 0 Å². The number of alkyl halides is 3. The van der Waals surface area contributed by atoms with E-state index >= 15 is 0 Å². The second-order valence-electron chi connectivity index (χ2n) is 11.3. The van der Waals surface area contributed by atoms with Crippen molar-refractivity contribution in [2.75, 3.05) is 25.1 Å². The Morgan fingerprint density at radius 1 is 1.14 bits per heavy atom. The maximum atomic E-state index is 13.3. The summed E-state index contributed by atoms with van der Waals surface area (Å²) in [6.45, 7) is 4.47. The molecule has 43 heavy (non-hydrogen) atoms. The van der Waals surface area contributed by atoms with Crippen LogP contribution >= 0.6 is 11.8 Å². The first-order valence-electron chi connectivity index (χ1n) is 13.6. The number of rotatable bonds is 6. The highest BCUT2D eigenvalue weighted by atomic mass is 32.2. The SMILES string of the molecule is CC1(C)CC2=C(SC(N3CCOCC3Cc3cccc(Nc4ccc5[nH]c(=O)[nH]c5c4)c3)N2OC(=O)C(F)(F)F)C(=O)N1. The quantitative estimate of drug-likeness (QED) is 0.327. The van der Waals surface area contributed by atoms with E-state index in [1.54, 1.807) is 19.9 Å². The molecule has 0 spiro atoms. The molecule has 0 saturated carbocycles. The summed E-state index contributed by atoms with van der Waals surface area (Å²) in [6, 6.07) is 12.8. The summed E-state index contributed by atoms with van der Waals surface area (Å²) < 4.78 is 45.7. The molecular weight excluding hydrogens is 589 g/mol. The van der Waals surface area contributed by atoms with Gasteiger partial charge in [-0.2, -0.15) is 18.2 Å². The summed E-state index contributed by atoms with van der Waals surface area (Å²) in [6.07, 6.45) is -4.54. The van der Waals surface area contributed by atoms with Crippen LogP contribution in [0.5, 0.6) is 0 Å². The highest BCUT2D eigenvalue weighted by molar-refractivity contribution is 8.04. The number of hydrogen-bond acceptors (Lipinski definition) is 9. The largest absolute Gasteiger partial charge is 0.493 e. The molecule has 0 radical (unpaired) electrons. The third-order valence-corrected chi connectivity index (χ3v) is 8.72. The number of halogens is 3. The van der Waals surface area contributed by atoms with E-state index in [1.807, 2.05) is 41.3 Å². The number of thioether (sulfide) groups is 1. The smallest absolute Gasteiger partial charge is 0.378 e. The van der Waals surface area contributed by atoms with Gasteiger partial charge in [-0.25, -0.2) is 9.59 Å². The molecule has 6 rings (SSSR count). The number of morpholine rings is 1. The maximum absolute atomic E-state index is 13.3. The van der Waals surface area contributed by atoms with Gasteiger partial charge < -0.3 is 30.2 Å². The van der Waals surface area contributed by atoms with Crippen molar-refractivity contribution < 1.29 is 32.3 Å². The number of carbonyl (C=O) groups is 2. The summed E-state index contributed by atoms with van der Waals surface area (Å²) >= 11 is 1.07. The Hall–Kier alpha value is -3.95. The third-order valence-electron chi connectivity index (χ3n) is 7.39. The van der Waals surface area contributed by atoms with Crippen LogP contribution in [-0.2, 0) is 25.6 Å². The number of carbonyl (C=O) groups excluding carboxylic acids is 2. The van der Waals surface area contributed by atoms with Gasteiger partial charge in [0.15, 0.2) is 5.50 Å². The lowest BCUT2D eigenvalue weighted by Gasteiger charge is -2.42. The molecule has 1 saturated heterocycles. The molecule has 0 aliphatic carbocycles. The van der Waals surface area contributed by atoms with E-state index in [9.17, 15) is 27.6 Å². The molecule has 3 aromatic rings. The van der Waals surface area contributed by atoms with Gasteiger partial charge in [0.1, 0.15) is 0 Å². The Labute approximate surface area is 247 Å². The minimum atomic E-state index is -5.20. The van der Waals surface area contributed by atoms with E-state index in [1.165, 1.54) is 0 Å². The third kappa shape index (κ3) is 6.10. The minimum absolute atomic E-state index is 0.188. The van der Waals surface area contributed by atoms with Crippen molar-refractivity contribution in [3.8, 4) is 0 Å². The summed E-state index contributed by atoms with van der Waals surface area (Å²) in [5.74, 6) is -2.77. The molecule has 4 heterocycles. The molecule has 2 atom stereocenters. The molecule has 4 N–H and O–H groups in total. The number of ether oxygens (including phenoxy) is 1. The number of nitrogens with zero attached hydrogens (tertiary/aromatic N) is 2. The summed E-state index contributed by atoms with van der Waals surface area (Å²) in [7, 11) is 0. The zero-order chi connectivity index (χ0) is 30.5. The molecular formula is C28H29F3N6O5S. The first kappa shape index (κ1) is 29.1. The van der Waals surface area contributed by atoms with Gasteiger partial charge in [0.05, 0.1) is 34.8 Å². The average Bonchev–Trinajstić information content (AvgIpc) is 3.47. The van der Waals surface area contributed by atoms with Crippen LogP contribution in [0, 0.1) is 0 Å². The number of benzene rings is 2. The van der Waals surface area contributed by atoms with Gasteiger partial charge in [-0.3, -0.25) is 9.69 Å². The fourth-order valence-electron chi connectivity index (χ4n) is 5.53. The van der Waals surface area contributed by atoms with Gasteiger partial charge in [0.25, 0.3) is 5.91 Å². The summed E-state index contributed by atoms with van der Waals surface area (Å²) in [4.78, 5) is 49.1. The van der Waals surface area contributed by atoms with Gasteiger partial charge in [-0.05, 0) is 56.2 Å². The van der Waals surface area contributed by atoms with Gasteiger partial charge in [0.2, 0.25) is 0 Å². The van der Waals surface area contributed by atoms with Crippen molar-refractivity contribution in [2.24, 2.45) is 0 Å². The Bertz CT molecular complexity index is 1670. The normalized spacial score (nSPS) is 22.4. The van der Waals surface area contributed by atoms with Crippen LogP contribution in [0.25, 0.3) is 11.0 Å². The number of fused-ring (bicyclic) bond motifs is 1. The van der Waals surface area contributed by atoms with Gasteiger partial charge in [-0.1, -0.05) is 23.9 Å². The second-order valence-corrected chi connectivity index (χ2v) is 12.3. The van der Waals surface area contributed by atoms with Crippen LogP contribution in [0.2, 0.25) is 0 Å². The molecule has 228 valence electrons. The molecule has 11 nitrogen and oxygen atoms in total. The van der Waals surface area contributed by atoms with Crippen LogP contribution in [0.15, 0.2) is 57.9 Å². The van der Waals surface area contributed by atoms with Crippen molar-refractivity contribution in [3.63, 3.8) is 0 Å². The lowest BCUT2D eigenvalue weighted by Crippen LogP contribution is -2.56. The monoisotopic (exact) mass is 618 g/mol. The number of H-pyrrole nitrogens is 2. The molecule has 0 bridgehead atoms. The van der Waals surface area contributed by atoms with Crippen LogP contribution in [0.4, 0.5) is 24.5 Å². The fraction of sp³-hybridized carbons (Fsp3) is 0.393. The summed E-state index contributed by atoms with van der Waals surface area (Å²) in [5.41, 5.74) is 2.18. The predicted octanol–water partition coefficient (Wildman–Crippen LogP) is 3.71. The molecule has 1 aromatic heterocycles. The van der Waals surface area contributed by atoms with Crippen molar-refractivity contribution in [3.05, 3.63) is 69.1 Å². The molecule has 3 aliphatic rings. The maximum Gasteiger partial charge on any atom is 0.493 e. The Morgan fingerprint density at radius 2 is 1.91 bits per heavy atom. The number of aromatic amines is 2. The Morgan fingerprint density at radius 3 is 2.70 bits per heavy atom. The number of nitrogens with one attached hydrogen (secondary N) is 4. The van der Waals surface area contributed by atoms with Crippen molar-refractivity contribution in [2.45, 2.75) is 49.9 Å². The molecule has 1 fully saturated rings. The highest BCUT2D eigenvalue weighted by Gasteiger charge is 2.51. The zero-order valence-electron chi connectivity index (χ0n) is 23.2. The van der Waals surface area contributed by atoms with Crippen molar-refractivity contribution >= 4 is 46.0 Å². The predicted molar refractivity (Wildman–Crippen MR) is 153 cm³/mol. The van der Waals surface area contributed by atoms with Crippen molar-refractivity contribution in [1.82, 2.24) is 25.2 Å². The van der Waals surface area contributed by atoms with E-state index in [0.717, 1.165) is 33.8 Å². The van der Waals surface area contributed by atoms with Crippen LogP contribution < -0.4 is 16.3 Å². The number of amides is 1. The highest BCUT2D eigenvalue weighted by Crippen LogP contribution is 2.46. The van der Waals surface area contributed by atoms with Gasteiger partial charge >= 0.3 is 17.8 Å². The number of hydroxylamine groups is 2. The van der Waals surface area contributed by atoms with Crippen LogP contribution in [0.1, 0.15) is 25.8 Å². The molecule has 1 amide bonds. The van der Waals surface area contributed by atoms with Gasteiger partial charge in [0, 0.05) is 35.9 Å². The molecule has 15 heteroatoms. The van der Waals surface area contributed by atoms with Crippen molar-refractivity contribution in [1.29, 1.82) is 0 Å². The van der Waals surface area contributed by atoms with Gasteiger partial charge in [-0.15, -0.1) is 0 Å². The van der Waals surface area contributed by atoms with Crippen LogP contribution in [-0.4, -0.2) is 74.8 Å². The fourth-order valence-corrected chi connectivity index (χ4v) is 6.87. The van der Waals surface area contributed by atoms with E-state index in [0.29, 0.717) is 30.6 Å². The summed E-state index contributed by atoms with van der Waals surface area (Å²) in [5, 5.41) is 7.16. The standard InChI is InChI=1S/C28H29F3N6O5S/c1-27(2)13-21-22(23(38)35-27)43-26(37(21)42-24(39)28(29,30)31)36-8-9-41-14-18(36)11-15-4-3-5-16(10-15)32-17-6-7-19-20(12-17)34-25(40)33-19/h3-7,10,12,18,26,32H,8-9,11,13-14H2,1-2H3,(H,35,38)(H2,33,34,40). The van der Waals surface area contributed by atoms with E-state index in [-0.39, 0.29) is 35.4 Å². The first-order valence-corrected chi connectivity index (χ1v) is 14.5. The minimum Gasteiger partial charge on any atom is -0.378 e. The second kappa shape index (κ2) is 11.0. The van der Waals surface area contributed by atoms with E-state index in [4.69, 9.17) is 9.57 Å². The number of anilines is 2. The lowest BCUT2D eigenvalue weighted by atomic mass is 9.94. The molecule has 2 aromatic carbocycles. The Kier molecular flexibility index (Phi) is 7.42. The lowest BCUT2D eigenvalue weighted by molar-refractivity contribution is -0.243. The first-order chi connectivity index (χ1) is 20.4. The Balaban J connectivity index is 1.24. The molecule has 3 aliphatic heterocycles. The molecule has 2 unspecified atom stereocenters. The topological polar surface area (TPSA) is 132 Å². The van der Waals surface area contributed by atoms with E-state index < -0.39 is 29.1 Å². The van der Waals surface area contributed by atoms with E-state index in [2.05, 4.69) is 20.6 Å². The zero-order valence-corrected chi connectivity index (χ0v) is 24.0. The average molecular weight is 619 g/mol. The number of aromatic nitrogens is 2.